The van der Waals surface area contributed by atoms with E-state index in [1.54, 1.807) is 16.2 Å². The molecule has 0 aliphatic heterocycles. The third-order valence-corrected chi connectivity index (χ3v) is 3.37. The van der Waals surface area contributed by atoms with Gasteiger partial charge in [-0.05, 0) is 12.5 Å². The number of nitrogens with two attached hydrogens (primary N) is 1. The molecular weight excluding hydrogens is 258 g/mol. The first-order valence-corrected chi connectivity index (χ1v) is 6.73. The van der Waals surface area contributed by atoms with Gasteiger partial charge in [0.05, 0.1) is 0 Å². The quantitative estimate of drug-likeness (QED) is 0.824. The number of nitrogens with zero attached hydrogens (tertiary/aromatic N) is 4. The molecule has 0 fully saturated rings. The summed E-state index contributed by atoms with van der Waals surface area (Å²) in [6.45, 7) is 5.02. The second kappa shape index (κ2) is 5.24. The summed E-state index contributed by atoms with van der Waals surface area (Å²) in [5, 5.41) is 0. The molecule has 7 nitrogen and oxygen atoms in total. The number of hydrogen-bond acceptors (Lipinski definition) is 4. The lowest BCUT2D eigenvalue weighted by Crippen LogP contribution is -2.39. The topological polar surface area (TPSA) is 87.8 Å². The van der Waals surface area contributed by atoms with Crippen molar-refractivity contribution in [3.63, 3.8) is 0 Å². The van der Waals surface area contributed by atoms with Crippen LogP contribution in [0.3, 0.4) is 0 Å². The van der Waals surface area contributed by atoms with Crippen LogP contribution in [0.5, 0.6) is 0 Å². The van der Waals surface area contributed by atoms with Gasteiger partial charge in [-0.15, -0.1) is 0 Å². The van der Waals surface area contributed by atoms with Crippen LogP contribution < -0.4 is 17.0 Å². The lowest BCUT2D eigenvalue weighted by Gasteiger charge is -2.11. The number of fused-ring (bicyclic) bond motifs is 1. The Kier molecular flexibility index (Phi) is 3.80. The summed E-state index contributed by atoms with van der Waals surface area (Å²) in [5.41, 5.74) is 5.83. The first-order chi connectivity index (χ1) is 9.38. The molecule has 0 saturated carbocycles. The molecule has 2 aromatic heterocycles. The molecule has 2 rings (SSSR count). The molecule has 0 radical (unpaired) electrons. The maximum atomic E-state index is 12.3. The van der Waals surface area contributed by atoms with Crippen LogP contribution in [0.4, 0.5) is 0 Å². The van der Waals surface area contributed by atoms with Crippen molar-refractivity contribution in [1.82, 2.24) is 18.7 Å². The predicted molar refractivity (Wildman–Crippen MR) is 77.8 cm³/mol. The summed E-state index contributed by atoms with van der Waals surface area (Å²) < 4.78 is 4.45. The zero-order valence-electron chi connectivity index (χ0n) is 12.4. The second-order valence-corrected chi connectivity index (χ2v) is 5.45. The van der Waals surface area contributed by atoms with Gasteiger partial charge in [-0.3, -0.25) is 13.9 Å². The first-order valence-electron chi connectivity index (χ1n) is 6.73. The molecule has 0 amide bonds. The fourth-order valence-corrected chi connectivity index (χ4v) is 2.36. The van der Waals surface area contributed by atoms with Crippen molar-refractivity contribution in [3.05, 3.63) is 26.7 Å². The fourth-order valence-electron chi connectivity index (χ4n) is 2.36. The number of hydrogen-bond donors (Lipinski definition) is 1. The van der Waals surface area contributed by atoms with Crippen molar-refractivity contribution in [2.24, 2.45) is 25.7 Å². The van der Waals surface area contributed by atoms with Gasteiger partial charge in [-0.2, -0.15) is 0 Å². The third kappa shape index (κ3) is 2.18. The Hall–Kier alpha value is -1.89. The largest absolute Gasteiger partial charge is 0.332 e. The summed E-state index contributed by atoms with van der Waals surface area (Å²) in [6, 6.07) is 0. The SMILES string of the molecule is CC(C)Cn1c(=O)n(C)c(=O)c2c1nc(CCN)n2C. The second-order valence-electron chi connectivity index (χ2n) is 5.45. The van der Waals surface area contributed by atoms with Crippen LogP contribution in [-0.2, 0) is 27.1 Å². The minimum atomic E-state index is -0.325. The molecule has 2 N–H and O–H groups in total. The van der Waals surface area contributed by atoms with Gasteiger partial charge in [0.15, 0.2) is 11.2 Å². The maximum absolute atomic E-state index is 12.3. The van der Waals surface area contributed by atoms with Crippen molar-refractivity contribution < 1.29 is 0 Å². The molecule has 0 unspecified atom stereocenters. The van der Waals surface area contributed by atoms with E-state index < -0.39 is 0 Å². The highest BCUT2D eigenvalue weighted by atomic mass is 16.2. The Labute approximate surface area is 116 Å². The van der Waals surface area contributed by atoms with E-state index in [0.29, 0.717) is 30.7 Å². The average Bonchev–Trinajstić information content (AvgIpc) is 2.70. The van der Waals surface area contributed by atoms with Crippen LogP contribution in [0.2, 0.25) is 0 Å². The molecule has 0 bridgehead atoms. The predicted octanol–water partition coefficient (Wildman–Crippen LogP) is -0.409. The van der Waals surface area contributed by atoms with E-state index >= 15 is 0 Å². The monoisotopic (exact) mass is 279 g/mol. The highest BCUT2D eigenvalue weighted by Crippen LogP contribution is 2.11. The van der Waals surface area contributed by atoms with Crippen molar-refractivity contribution in [3.8, 4) is 0 Å². The molecule has 7 heteroatoms. The molecular formula is C13H21N5O2. The van der Waals surface area contributed by atoms with E-state index in [4.69, 9.17) is 5.73 Å². The lowest BCUT2D eigenvalue weighted by molar-refractivity contribution is 0.500. The Morgan fingerprint density at radius 2 is 1.85 bits per heavy atom. The fraction of sp³-hybridized carbons (Fsp3) is 0.615. The van der Waals surface area contributed by atoms with E-state index in [0.717, 1.165) is 10.4 Å². The lowest BCUT2D eigenvalue weighted by atomic mass is 10.2. The summed E-state index contributed by atoms with van der Waals surface area (Å²) in [5.74, 6) is 1.01. The smallest absolute Gasteiger partial charge is 0.330 e. The van der Waals surface area contributed by atoms with Gasteiger partial charge < -0.3 is 10.3 Å². The van der Waals surface area contributed by atoms with Gasteiger partial charge in [-0.25, -0.2) is 9.78 Å². The molecule has 110 valence electrons. The van der Waals surface area contributed by atoms with Crippen LogP contribution in [0.15, 0.2) is 9.59 Å². The van der Waals surface area contributed by atoms with Gasteiger partial charge >= 0.3 is 5.69 Å². The zero-order chi connectivity index (χ0) is 15.0. The van der Waals surface area contributed by atoms with Crippen LogP contribution in [0.25, 0.3) is 11.2 Å². The van der Waals surface area contributed by atoms with E-state index in [-0.39, 0.29) is 17.2 Å². The van der Waals surface area contributed by atoms with Gasteiger partial charge in [0.2, 0.25) is 0 Å². The molecule has 20 heavy (non-hydrogen) atoms. The standard InChI is InChI=1S/C13H21N5O2/c1-8(2)7-18-11-10(12(19)17(4)13(18)20)16(3)9(15-11)5-6-14/h8H,5-7,14H2,1-4H3. The normalized spacial score (nSPS) is 11.7. The van der Waals surface area contributed by atoms with Crippen LogP contribution in [0, 0.1) is 5.92 Å². The van der Waals surface area contributed by atoms with Gasteiger partial charge in [0.25, 0.3) is 5.56 Å². The average molecular weight is 279 g/mol. The van der Waals surface area contributed by atoms with Gasteiger partial charge in [-0.1, -0.05) is 13.8 Å². The molecule has 2 aromatic rings. The van der Waals surface area contributed by atoms with E-state index in [1.165, 1.54) is 7.05 Å². The van der Waals surface area contributed by atoms with Gasteiger partial charge in [0, 0.05) is 27.1 Å². The third-order valence-electron chi connectivity index (χ3n) is 3.37. The number of rotatable bonds is 4. The minimum absolute atomic E-state index is 0.286. The number of imidazole rings is 1. The number of aryl methyl sites for hydroxylation is 1. The van der Waals surface area contributed by atoms with E-state index in [9.17, 15) is 9.59 Å². The minimum Gasteiger partial charge on any atom is -0.330 e. The van der Waals surface area contributed by atoms with Crippen LogP contribution >= 0.6 is 0 Å². The Morgan fingerprint density at radius 3 is 2.40 bits per heavy atom. The molecule has 0 saturated heterocycles. The molecule has 0 aromatic carbocycles. The Morgan fingerprint density at radius 1 is 1.20 bits per heavy atom. The van der Waals surface area contributed by atoms with Crippen molar-refractivity contribution >= 4 is 11.2 Å². The zero-order valence-corrected chi connectivity index (χ0v) is 12.4. The Balaban J connectivity index is 2.88. The number of aromatic nitrogens is 4. The Bertz CT molecular complexity index is 751. The first kappa shape index (κ1) is 14.5. The van der Waals surface area contributed by atoms with E-state index in [2.05, 4.69) is 4.98 Å². The van der Waals surface area contributed by atoms with E-state index in [1.807, 2.05) is 13.8 Å². The van der Waals surface area contributed by atoms with Crippen molar-refractivity contribution in [1.29, 1.82) is 0 Å². The molecule has 0 aliphatic rings. The van der Waals surface area contributed by atoms with Gasteiger partial charge in [0.1, 0.15) is 5.82 Å². The van der Waals surface area contributed by atoms with Crippen LogP contribution in [0.1, 0.15) is 19.7 Å². The molecule has 0 atom stereocenters. The highest BCUT2D eigenvalue weighted by molar-refractivity contribution is 5.71. The summed E-state index contributed by atoms with van der Waals surface area (Å²) >= 11 is 0. The van der Waals surface area contributed by atoms with Crippen molar-refractivity contribution in [2.75, 3.05) is 6.54 Å². The van der Waals surface area contributed by atoms with Crippen molar-refractivity contribution in [2.45, 2.75) is 26.8 Å². The molecule has 0 spiro atoms. The molecule has 0 aliphatic carbocycles. The summed E-state index contributed by atoms with van der Waals surface area (Å²) in [6.07, 6.45) is 0.574. The molecule has 2 heterocycles. The van der Waals surface area contributed by atoms with Crippen LogP contribution in [-0.4, -0.2) is 25.2 Å². The summed E-state index contributed by atoms with van der Waals surface area (Å²) in [7, 11) is 3.28. The maximum Gasteiger partial charge on any atom is 0.332 e. The summed E-state index contributed by atoms with van der Waals surface area (Å²) in [4.78, 5) is 29.0. The highest BCUT2D eigenvalue weighted by Gasteiger charge is 2.18.